The van der Waals surface area contributed by atoms with Crippen LogP contribution in [-0.4, -0.2) is 41.3 Å². The first kappa shape index (κ1) is 18.1. The van der Waals surface area contributed by atoms with Gasteiger partial charge in [-0.2, -0.15) is 17.0 Å². The number of nitriles is 1. The van der Waals surface area contributed by atoms with Crippen molar-refractivity contribution in [1.82, 2.24) is 14.7 Å². The van der Waals surface area contributed by atoms with Crippen LogP contribution in [0, 0.1) is 11.3 Å². The molecule has 5 nitrogen and oxygen atoms in total. The molecule has 1 N–H and O–H groups in total. The number of hydrogen-bond donors (Lipinski definition) is 1. The van der Waals surface area contributed by atoms with E-state index in [4.69, 9.17) is 4.98 Å². The summed E-state index contributed by atoms with van der Waals surface area (Å²) < 4.78 is 2.25. The van der Waals surface area contributed by atoms with Crippen LogP contribution in [0.15, 0.2) is 24.3 Å². The number of aromatic nitrogens is 2. The zero-order valence-corrected chi connectivity index (χ0v) is 15.5. The van der Waals surface area contributed by atoms with Crippen molar-refractivity contribution in [2.75, 3.05) is 36.8 Å². The predicted octanol–water partition coefficient (Wildman–Crippen LogP) is 3.58. The van der Waals surface area contributed by atoms with Crippen LogP contribution in [0.3, 0.4) is 0 Å². The fourth-order valence-corrected chi connectivity index (χ4v) is 5.25. The lowest BCUT2D eigenvalue weighted by molar-refractivity contribution is 0.724. The standard InChI is InChI=1S/C20H21N5S.CH4/c21-12-15-14-6-11-26-13-16(14)20(24-9-3-7-22-8-10-24)25-18-5-2-1-4-17(18)23-19(15)25;/h1-2,4-5,22H,3,6-11,13H2;1H4. The summed E-state index contributed by atoms with van der Waals surface area (Å²) in [5, 5.41) is 13.4. The number of hydrogen-bond acceptors (Lipinski definition) is 5. The summed E-state index contributed by atoms with van der Waals surface area (Å²) in [5.74, 6) is 3.32. The lowest BCUT2D eigenvalue weighted by Crippen LogP contribution is -2.31. The molecule has 0 spiro atoms. The molecular weight excluding hydrogens is 354 g/mol. The molecule has 0 radical (unpaired) electrons. The van der Waals surface area contributed by atoms with Gasteiger partial charge in [-0.1, -0.05) is 19.6 Å². The maximum atomic E-state index is 9.93. The minimum Gasteiger partial charge on any atom is -0.356 e. The first-order valence-electron chi connectivity index (χ1n) is 9.27. The monoisotopic (exact) mass is 379 g/mol. The van der Waals surface area contributed by atoms with Crippen molar-refractivity contribution in [1.29, 1.82) is 5.26 Å². The fraction of sp³-hybridized carbons (Fsp3) is 0.429. The third kappa shape index (κ3) is 2.86. The predicted molar refractivity (Wildman–Crippen MR) is 114 cm³/mol. The van der Waals surface area contributed by atoms with Gasteiger partial charge in [0, 0.05) is 31.0 Å². The number of nitrogens with one attached hydrogen (secondary N) is 1. The molecule has 4 heterocycles. The average molecular weight is 380 g/mol. The van der Waals surface area contributed by atoms with E-state index in [0.29, 0.717) is 0 Å². The number of fused-ring (bicyclic) bond motifs is 4. The second-order valence-corrected chi connectivity index (χ2v) is 8.03. The Morgan fingerprint density at radius 3 is 2.93 bits per heavy atom. The van der Waals surface area contributed by atoms with Crippen molar-refractivity contribution >= 4 is 34.3 Å². The molecule has 1 saturated heterocycles. The maximum Gasteiger partial charge on any atom is 0.157 e. The summed E-state index contributed by atoms with van der Waals surface area (Å²) >= 11 is 1.97. The van der Waals surface area contributed by atoms with E-state index in [-0.39, 0.29) is 7.43 Å². The Kier molecular flexibility index (Phi) is 4.98. The smallest absolute Gasteiger partial charge is 0.157 e. The number of benzene rings is 1. The number of thioether (sulfide) groups is 1. The van der Waals surface area contributed by atoms with Gasteiger partial charge < -0.3 is 10.2 Å². The number of nitrogens with zero attached hydrogens (tertiary/aromatic N) is 4. The summed E-state index contributed by atoms with van der Waals surface area (Å²) in [4.78, 5) is 7.37. The van der Waals surface area contributed by atoms with Crippen molar-refractivity contribution < 1.29 is 0 Å². The summed E-state index contributed by atoms with van der Waals surface area (Å²) in [6, 6.07) is 10.7. The van der Waals surface area contributed by atoms with E-state index in [1.807, 2.05) is 23.9 Å². The minimum atomic E-state index is 0. The second-order valence-electron chi connectivity index (χ2n) is 6.92. The molecule has 1 fully saturated rings. The van der Waals surface area contributed by atoms with Crippen molar-refractivity contribution in [3.63, 3.8) is 0 Å². The molecule has 0 saturated carbocycles. The van der Waals surface area contributed by atoms with Crippen LogP contribution >= 0.6 is 11.8 Å². The van der Waals surface area contributed by atoms with Gasteiger partial charge in [0.1, 0.15) is 11.9 Å². The molecule has 0 amide bonds. The first-order chi connectivity index (χ1) is 12.9. The van der Waals surface area contributed by atoms with Crippen LogP contribution in [0.1, 0.15) is 30.5 Å². The molecule has 0 atom stereocenters. The van der Waals surface area contributed by atoms with Crippen molar-refractivity contribution in [2.45, 2.75) is 26.0 Å². The topological polar surface area (TPSA) is 56.4 Å². The summed E-state index contributed by atoms with van der Waals surface area (Å²) in [5.41, 5.74) is 6.23. The minimum absolute atomic E-state index is 0. The molecule has 6 heteroatoms. The lowest BCUT2D eigenvalue weighted by Gasteiger charge is -2.30. The van der Waals surface area contributed by atoms with E-state index in [2.05, 4.69) is 32.8 Å². The molecule has 3 aromatic rings. The Bertz CT molecular complexity index is 1020. The van der Waals surface area contributed by atoms with Crippen LogP contribution in [-0.2, 0) is 12.2 Å². The van der Waals surface area contributed by atoms with Crippen LogP contribution in [0.2, 0.25) is 0 Å². The summed E-state index contributed by atoms with van der Waals surface area (Å²) in [6.07, 6.45) is 2.09. The summed E-state index contributed by atoms with van der Waals surface area (Å²) in [7, 11) is 0. The molecule has 27 heavy (non-hydrogen) atoms. The van der Waals surface area contributed by atoms with E-state index < -0.39 is 0 Å². The zero-order valence-electron chi connectivity index (χ0n) is 14.7. The molecule has 0 unspecified atom stereocenters. The van der Waals surface area contributed by atoms with Crippen molar-refractivity contribution in [3.05, 3.63) is 41.0 Å². The van der Waals surface area contributed by atoms with Crippen LogP contribution in [0.4, 0.5) is 5.82 Å². The summed E-state index contributed by atoms with van der Waals surface area (Å²) in [6.45, 7) is 4.09. The van der Waals surface area contributed by atoms with Gasteiger partial charge in [0.15, 0.2) is 5.65 Å². The second kappa shape index (κ2) is 7.41. The number of anilines is 1. The van der Waals surface area contributed by atoms with Gasteiger partial charge in [-0.3, -0.25) is 4.40 Å². The van der Waals surface area contributed by atoms with Gasteiger partial charge >= 0.3 is 0 Å². The number of pyridine rings is 1. The van der Waals surface area contributed by atoms with Gasteiger partial charge in [0.2, 0.25) is 0 Å². The molecule has 2 aromatic heterocycles. The maximum absolute atomic E-state index is 9.93. The first-order valence-corrected chi connectivity index (χ1v) is 10.4. The average Bonchev–Trinajstić information content (AvgIpc) is 2.86. The Balaban J connectivity index is 0.00000180. The lowest BCUT2D eigenvalue weighted by atomic mass is 10.0. The highest BCUT2D eigenvalue weighted by Crippen LogP contribution is 2.38. The zero-order chi connectivity index (χ0) is 17.5. The van der Waals surface area contributed by atoms with E-state index in [1.165, 1.54) is 16.9 Å². The Hall–Kier alpha value is -2.23. The number of para-hydroxylation sites is 2. The molecular formula is C21H25N5S. The van der Waals surface area contributed by atoms with Gasteiger partial charge in [-0.25, -0.2) is 4.98 Å². The van der Waals surface area contributed by atoms with E-state index in [0.717, 1.165) is 72.8 Å². The molecule has 0 aliphatic carbocycles. The molecule has 1 aromatic carbocycles. The van der Waals surface area contributed by atoms with Gasteiger partial charge in [-0.05, 0) is 42.8 Å². The number of rotatable bonds is 1. The third-order valence-corrected chi connectivity index (χ3v) is 6.41. The highest BCUT2D eigenvalue weighted by molar-refractivity contribution is 7.98. The highest BCUT2D eigenvalue weighted by Gasteiger charge is 2.27. The quantitative estimate of drug-likeness (QED) is 0.700. The van der Waals surface area contributed by atoms with Gasteiger partial charge in [-0.15, -0.1) is 0 Å². The number of imidazole rings is 1. The van der Waals surface area contributed by atoms with E-state index >= 15 is 0 Å². The Morgan fingerprint density at radius 1 is 1.15 bits per heavy atom. The fourth-order valence-electron chi connectivity index (χ4n) is 4.25. The normalized spacial score (nSPS) is 17.2. The third-order valence-electron chi connectivity index (χ3n) is 5.43. The molecule has 0 bridgehead atoms. The van der Waals surface area contributed by atoms with E-state index in [9.17, 15) is 5.26 Å². The van der Waals surface area contributed by atoms with E-state index in [1.54, 1.807) is 0 Å². The SMILES string of the molecule is C.N#Cc1c2c(c(N3CCCNCC3)n3c1nc1ccccc13)CSCC2. The largest absolute Gasteiger partial charge is 0.356 e. The Labute approximate surface area is 164 Å². The van der Waals surface area contributed by atoms with Gasteiger partial charge in [0.25, 0.3) is 0 Å². The molecule has 140 valence electrons. The molecule has 5 rings (SSSR count). The molecule has 2 aliphatic rings. The Morgan fingerprint density at radius 2 is 2.04 bits per heavy atom. The van der Waals surface area contributed by atoms with Gasteiger partial charge in [0.05, 0.1) is 16.6 Å². The highest BCUT2D eigenvalue weighted by atomic mass is 32.2. The van der Waals surface area contributed by atoms with Crippen LogP contribution in [0.25, 0.3) is 16.7 Å². The molecule has 2 aliphatic heterocycles. The van der Waals surface area contributed by atoms with Crippen molar-refractivity contribution in [2.24, 2.45) is 0 Å². The van der Waals surface area contributed by atoms with Crippen LogP contribution in [0.5, 0.6) is 0 Å². The van der Waals surface area contributed by atoms with Crippen molar-refractivity contribution in [3.8, 4) is 6.07 Å². The van der Waals surface area contributed by atoms with Crippen LogP contribution < -0.4 is 10.2 Å².